The number of amides is 1. The van der Waals surface area contributed by atoms with E-state index < -0.39 is 5.60 Å². The Balaban J connectivity index is 1.50. The number of thiophene rings is 1. The second kappa shape index (κ2) is 4.35. The van der Waals surface area contributed by atoms with Gasteiger partial charge >= 0.3 is 0 Å². The molecule has 0 bridgehead atoms. The van der Waals surface area contributed by atoms with Gasteiger partial charge in [0.25, 0.3) is 0 Å². The smallest absolute Gasteiger partial charge is 0.223 e. The third-order valence-electron chi connectivity index (χ3n) is 4.13. The molecule has 2 atom stereocenters. The SMILES string of the molecule is Cc1ccc(C2CC2C(=O)NCC2(O)CCC2)s1. The molecule has 0 spiro atoms. The van der Waals surface area contributed by atoms with E-state index >= 15 is 0 Å². The molecule has 2 unspecified atom stereocenters. The molecule has 0 aliphatic heterocycles. The Hall–Kier alpha value is -0.870. The van der Waals surface area contributed by atoms with Gasteiger partial charge in [0.2, 0.25) is 5.91 Å². The van der Waals surface area contributed by atoms with Gasteiger partial charge < -0.3 is 10.4 Å². The van der Waals surface area contributed by atoms with Crippen LogP contribution >= 0.6 is 11.3 Å². The molecular formula is C14H19NO2S. The lowest BCUT2D eigenvalue weighted by Gasteiger charge is -2.36. The standard InChI is InChI=1S/C14H19NO2S/c1-9-3-4-12(18-9)10-7-11(10)13(16)15-8-14(17)5-2-6-14/h3-4,10-11,17H,2,5-8H2,1H3,(H,15,16). The second-order valence-electron chi connectivity index (χ2n) is 5.69. The largest absolute Gasteiger partial charge is 0.388 e. The summed E-state index contributed by atoms with van der Waals surface area (Å²) in [5.41, 5.74) is -0.612. The van der Waals surface area contributed by atoms with E-state index in [0.717, 1.165) is 25.7 Å². The predicted octanol–water partition coefficient (Wildman–Crippen LogP) is 2.19. The zero-order valence-corrected chi connectivity index (χ0v) is 11.4. The number of aryl methyl sites for hydroxylation is 1. The van der Waals surface area contributed by atoms with Crippen LogP contribution in [0.4, 0.5) is 0 Å². The van der Waals surface area contributed by atoms with Gasteiger partial charge in [0.1, 0.15) is 0 Å². The molecule has 1 aromatic rings. The maximum Gasteiger partial charge on any atom is 0.223 e. The molecule has 18 heavy (non-hydrogen) atoms. The summed E-state index contributed by atoms with van der Waals surface area (Å²) in [6.07, 6.45) is 3.69. The van der Waals surface area contributed by atoms with Crippen LogP contribution < -0.4 is 5.32 Å². The maximum atomic E-state index is 12.0. The summed E-state index contributed by atoms with van der Waals surface area (Å²) in [5.74, 6) is 0.665. The molecule has 1 heterocycles. The van der Waals surface area contributed by atoms with Crippen molar-refractivity contribution in [1.82, 2.24) is 5.32 Å². The van der Waals surface area contributed by atoms with E-state index in [1.807, 2.05) is 0 Å². The van der Waals surface area contributed by atoms with Gasteiger partial charge in [-0.2, -0.15) is 0 Å². The van der Waals surface area contributed by atoms with Gasteiger partial charge in [0.05, 0.1) is 5.60 Å². The fourth-order valence-corrected chi connectivity index (χ4v) is 3.65. The van der Waals surface area contributed by atoms with Crippen LogP contribution in [0.5, 0.6) is 0 Å². The number of rotatable bonds is 4. The summed E-state index contributed by atoms with van der Waals surface area (Å²) in [6.45, 7) is 2.52. The van der Waals surface area contributed by atoms with Gasteiger partial charge in [-0.15, -0.1) is 11.3 Å². The van der Waals surface area contributed by atoms with E-state index in [4.69, 9.17) is 0 Å². The van der Waals surface area contributed by atoms with Crippen molar-refractivity contribution >= 4 is 17.2 Å². The molecule has 2 saturated carbocycles. The van der Waals surface area contributed by atoms with E-state index in [0.29, 0.717) is 12.5 Å². The molecule has 0 radical (unpaired) electrons. The molecule has 1 aromatic heterocycles. The minimum absolute atomic E-state index is 0.117. The van der Waals surface area contributed by atoms with Crippen LogP contribution in [-0.4, -0.2) is 23.2 Å². The number of carbonyl (C=O) groups excluding carboxylic acids is 1. The number of aliphatic hydroxyl groups is 1. The lowest BCUT2D eigenvalue weighted by Crippen LogP contribution is -2.48. The Morgan fingerprint density at radius 3 is 2.89 bits per heavy atom. The summed E-state index contributed by atoms with van der Waals surface area (Å²) in [7, 11) is 0. The van der Waals surface area contributed by atoms with E-state index in [-0.39, 0.29) is 11.8 Å². The Morgan fingerprint density at radius 2 is 2.33 bits per heavy atom. The van der Waals surface area contributed by atoms with Crippen LogP contribution in [-0.2, 0) is 4.79 Å². The first-order chi connectivity index (χ1) is 8.57. The molecule has 2 N–H and O–H groups in total. The van der Waals surface area contributed by atoms with Gasteiger partial charge in [0, 0.05) is 28.1 Å². The molecule has 0 saturated heterocycles. The quantitative estimate of drug-likeness (QED) is 0.876. The highest BCUT2D eigenvalue weighted by Crippen LogP contribution is 2.49. The minimum Gasteiger partial charge on any atom is -0.388 e. The van der Waals surface area contributed by atoms with Gasteiger partial charge in [0.15, 0.2) is 0 Å². The van der Waals surface area contributed by atoms with Gasteiger partial charge in [-0.25, -0.2) is 0 Å². The Kier molecular flexibility index (Phi) is 2.94. The third kappa shape index (κ3) is 2.31. The van der Waals surface area contributed by atoms with Crippen molar-refractivity contribution in [3.8, 4) is 0 Å². The van der Waals surface area contributed by atoms with Crippen molar-refractivity contribution in [1.29, 1.82) is 0 Å². The summed E-state index contributed by atoms with van der Waals surface area (Å²) in [5, 5.41) is 12.8. The van der Waals surface area contributed by atoms with Gasteiger partial charge in [-0.3, -0.25) is 4.79 Å². The Morgan fingerprint density at radius 1 is 1.56 bits per heavy atom. The lowest BCUT2D eigenvalue weighted by molar-refractivity contribution is -0.124. The maximum absolute atomic E-state index is 12.0. The highest BCUT2D eigenvalue weighted by molar-refractivity contribution is 7.12. The fraction of sp³-hybridized carbons (Fsp3) is 0.643. The number of nitrogens with one attached hydrogen (secondary N) is 1. The van der Waals surface area contributed by atoms with Crippen LogP contribution in [0.15, 0.2) is 12.1 Å². The first-order valence-corrected chi connectivity index (χ1v) is 7.45. The molecule has 0 aromatic carbocycles. The first kappa shape index (κ1) is 12.2. The molecule has 2 fully saturated rings. The van der Waals surface area contributed by atoms with Crippen molar-refractivity contribution in [2.45, 2.75) is 44.1 Å². The molecule has 3 rings (SSSR count). The molecule has 4 heteroatoms. The van der Waals surface area contributed by atoms with Crippen molar-refractivity contribution in [3.63, 3.8) is 0 Å². The van der Waals surface area contributed by atoms with Crippen LogP contribution in [0.1, 0.15) is 41.4 Å². The molecule has 2 aliphatic rings. The molecule has 1 amide bonds. The van der Waals surface area contributed by atoms with Crippen molar-refractivity contribution in [3.05, 3.63) is 21.9 Å². The first-order valence-electron chi connectivity index (χ1n) is 6.64. The van der Waals surface area contributed by atoms with Gasteiger partial charge in [-0.05, 0) is 44.7 Å². The zero-order chi connectivity index (χ0) is 12.8. The average molecular weight is 265 g/mol. The molecule has 3 nitrogen and oxygen atoms in total. The molecule has 98 valence electrons. The topological polar surface area (TPSA) is 49.3 Å². The van der Waals surface area contributed by atoms with Crippen LogP contribution in [0, 0.1) is 12.8 Å². The normalized spacial score (nSPS) is 28.6. The molecular weight excluding hydrogens is 246 g/mol. The van der Waals surface area contributed by atoms with Crippen molar-refractivity contribution < 1.29 is 9.90 Å². The van der Waals surface area contributed by atoms with Gasteiger partial charge in [-0.1, -0.05) is 0 Å². The fourth-order valence-electron chi connectivity index (χ4n) is 2.60. The van der Waals surface area contributed by atoms with Crippen LogP contribution in [0.25, 0.3) is 0 Å². The Bertz CT molecular complexity index is 464. The zero-order valence-electron chi connectivity index (χ0n) is 10.6. The van der Waals surface area contributed by atoms with Crippen molar-refractivity contribution in [2.75, 3.05) is 6.54 Å². The Labute approximate surface area is 111 Å². The number of carbonyl (C=O) groups is 1. The third-order valence-corrected chi connectivity index (χ3v) is 5.26. The van der Waals surface area contributed by atoms with Crippen LogP contribution in [0.3, 0.4) is 0 Å². The lowest BCUT2D eigenvalue weighted by atomic mass is 9.80. The number of hydrogen-bond acceptors (Lipinski definition) is 3. The summed E-state index contributed by atoms with van der Waals surface area (Å²) >= 11 is 1.79. The van der Waals surface area contributed by atoms with E-state index in [1.165, 1.54) is 9.75 Å². The molecule has 2 aliphatic carbocycles. The van der Waals surface area contributed by atoms with Crippen LogP contribution in [0.2, 0.25) is 0 Å². The average Bonchev–Trinajstić information content (AvgIpc) is 3.00. The van der Waals surface area contributed by atoms with E-state index in [1.54, 1.807) is 11.3 Å². The van der Waals surface area contributed by atoms with E-state index in [9.17, 15) is 9.90 Å². The highest BCUT2D eigenvalue weighted by atomic mass is 32.1. The summed E-state index contributed by atoms with van der Waals surface area (Å²) in [4.78, 5) is 14.6. The predicted molar refractivity (Wildman–Crippen MR) is 71.7 cm³/mol. The summed E-state index contributed by atoms with van der Waals surface area (Å²) in [6, 6.07) is 4.25. The second-order valence-corrected chi connectivity index (χ2v) is 7.01. The summed E-state index contributed by atoms with van der Waals surface area (Å²) < 4.78 is 0. The minimum atomic E-state index is -0.612. The van der Waals surface area contributed by atoms with E-state index in [2.05, 4.69) is 24.4 Å². The number of hydrogen-bond donors (Lipinski definition) is 2. The monoisotopic (exact) mass is 265 g/mol. The van der Waals surface area contributed by atoms with Crippen molar-refractivity contribution in [2.24, 2.45) is 5.92 Å². The highest BCUT2D eigenvalue weighted by Gasteiger charge is 2.45.